The van der Waals surface area contributed by atoms with Gasteiger partial charge in [0.1, 0.15) is 47.7 Å². The fourth-order valence-corrected chi connectivity index (χ4v) is 9.33. The third kappa shape index (κ3) is 13.0. The molecule has 21 heteroatoms. The van der Waals surface area contributed by atoms with E-state index in [9.17, 15) is 5.11 Å². The summed E-state index contributed by atoms with van der Waals surface area (Å²) in [5.41, 5.74) is 5.35. The third-order valence-corrected chi connectivity index (χ3v) is 13.4. The van der Waals surface area contributed by atoms with E-state index >= 15 is 0 Å². The van der Waals surface area contributed by atoms with Crippen molar-refractivity contribution in [2.24, 2.45) is 5.41 Å². The highest BCUT2D eigenvalue weighted by molar-refractivity contribution is 8.18. The van der Waals surface area contributed by atoms with E-state index in [1.807, 2.05) is 79.5 Å². The molecule has 0 saturated carbocycles. The number of thiazole rings is 2. The van der Waals surface area contributed by atoms with Gasteiger partial charge in [0.15, 0.2) is 10.2 Å². The molecule has 8 rings (SSSR count). The average molecular weight is 1000 g/mol. The first-order valence-corrected chi connectivity index (χ1v) is 23.3. The molecule has 2 unspecified atom stereocenters. The molecule has 0 radical (unpaired) electrons. The molecule has 12 nitrogen and oxygen atoms in total. The van der Waals surface area contributed by atoms with Crippen molar-refractivity contribution in [2.45, 2.75) is 37.4 Å². The van der Waals surface area contributed by atoms with Gasteiger partial charge in [-0.15, -0.1) is 22.7 Å². The van der Waals surface area contributed by atoms with Crippen LogP contribution in [-0.4, -0.2) is 51.0 Å². The van der Waals surface area contributed by atoms with Crippen molar-refractivity contribution in [2.75, 3.05) is 5.08 Å². The summed E-state index contributed by atoms with van der Waals surface area (Å²) < 4.78 is 9.60. The van der Waals surface area contributed by atoms with Crippen LogP contribution in [0, 0.1) is 38.7 Å². The molecule has 0 aliphatic heterocycles. The van der Waals surface area contributed by atoms with E-state index < -0.39 is 12.3 Å². The van der Waals surface area contributed by atoms with Gasteiger partial charge in [-0.05, 0) is 65.7 Å². The van der Waals surface area contributed by atoms with Crippen LogP contribution in [0.25, 0.3) is 32.8 Å². The van der Waals surface area contributed by atoms with Crippen molar-refractivity contribution >= 4 is 125 Å². The van der Waals surface area contributed by atoms with Crippen LogP contribution in [0.15, 0.2) is 101 Å². The Balaban J connectivity index is 0.000000158. The van der Waals surface area contributed by atoms with Crippen molar-refractivity contribution < 1.29 is 9.84 Å². The molecule has 0 spiro atoms. The van der Waals surface area contributed by atoms with E-state index in [0.29, 0.717) is 10.8 Å². The second-order valence-electron chi connectivity index (χ2n) is 13.3. The largest absolute Gasteiger partial charge is 0.466 e. The molecule has 0 fully saturated rings. The number of fused-ring (bicyclic) bond motifs is 2. The number of ether oxygens (including phenoxy) is 1. The van der Waals surface area contributed by atoms with Crippen LogP contribution in [-0.2, 0) is 0 Å². The van der Waals surface area contributed by atoms with Crippen LogP contribution in [0.3, 0.4) is 0 Å². The number of rotatable bonds is 8. The van der Waals surface area contributed by atoms with E-state index in [1.165, 1.54) is 33.8 Å². The topological polar surface area (TPSA) is 186 Å². The molecule has 2 N–H and O–H groups in total. The number of H-pyrrole nitrogens is 1. The predicted octanol–water partition coefficient (Wildman–Crippen LogP) is 13.2. The average Bonchev–Trinajstić information content (AvgIpc) is 4.11. The summed E-state index contributed by atoms with van der Waals surface area (Å²) in [5, 5.41) is 45.5. The molecule has 0 aliphatic rings. The van der Waals surface area contributed by atoms with Crippen molar-refractivity contribution in [1.29, 1.82) is 15.8 Å². The molecule has 4 aromatic carbocycles. The number of aromatic amines is 1. The number of thiocyanates is 1. The Kier molecular flexibility index (Phi) is 18.1. The van der Waals surface area contributed by atoms with Crippen LogP contribution < -0.4 is 4.74 Å². The zero-order valence-electron chi connectivity index (χ0n) is 32.5. The van der Waals surface area contributed by atoms with Crippen molar-refractivity contribution in [3.05, 3.63) is 133 Å². The second kappa shape index (κ2) is 23.2. The number of thioether (sulfide) groups is 2. The number of nitrogens with zero attached hydrogens (tertiary/aromatic N) is 9. The Morgan fingerprint density at radius 1 is 0.855 bits per heavy atom. The number of benzene rings is 4. The summed E-state index contributed by atoms with van der Waals surface area (Å²) in [5.74, 6) is 1.45. The Bertz CT molecular complexity index is 2720. The molecule has 0 amide bonds. The summed E-state index contributed by atoms with van der Waals surface area (Å²) in [6.07, 6.45) is 1.53. The van der Waals surface area contributed by atoms with E-state index in [2.05, 4.69) is 36.1 Å². The number of hydrogen-bond acceptors (Lipinski definition) is 14. The molecule has 4 aromatic heterocycles. The van der Waals surface area contributed by atoms with Gasteiger partial charge in [0.05, 0.1) is 63.1 Å². The van der Waals surface area contributed by atoms with Gasteiger partial charge in [0.2, 0.25) is 6.23 Å². The zero-order chi connectivity index (χ0) is 44.8. The Morgan fingerprint density at radius 2 is 1.52 bits per heavy atom. The first-order chi connectivity index (χ1) is 29.7. The summed E-state index contributed by atoms with van der Waals surface area (Å²) in [6.45, 7) is 5.81. The Labute approximate surface area is 398 Å². The fourth-order valence-electron chi connectivity index (χ4n) is 4.94. The molecule has 0 aliphatic carbocycles. The second-order valence-corrected chi connectivity index (χ2v) is 19.3. The van der Waals surface area contributed by atoms with E-state index in [4.69, 9.17) is 78.5 Å². The van der Waals surface area contributed by atoms with E-state index in [1.54, 1.807) is 70.8 Å². The monoisotopic (exact) mass is 998 g/mol. The van der Waals surface area contributed by atoms with Gasteiger partial charge < -0.3 is 14.8 Å². The predicted molar refractivity (Wildman–Crippen MR) is 253 cm³/mol. The van der Waals surface area contributed by atoms with Crippen molar-refractivity contribution in [3.8, 4) is 34.8 Å². The first-order valence-electron chi connectivity index (χ1n) is 17.7. The molecular weight excluding hydrogens is 970 g/mol. The van der Waals surface area contributed by atoms with Gasteiger partial charge in [0, 0.05) is 10.4 Å². The van der Waals surface area contributed by atoms with Crippen LogP contribution >= 0.6 is 104 Å². The highest BCUT2D eigenvalue weighted by Gasteiger charge is 2.34. The van der Waals surface area contributed by atoms with Gasteiger partial charge >= 0.3 is 0 Å². The Hall–Kier alpha value is -4.61. The van der Waals surface area contributed by atoms with Gasteiger partial charge in [-0.1, -0.05) is 115 Å². The van der Waals surface area contributed by atoms with Crippen LogP contribution in [0.2, 0.25) is 25.1 Å². The number of aliphatic hydroxyl groups is 1. The number of nitrogens with one attached hydrogen (secondary N) is 1. The highest BCUT2D eigenvalue weighted by atomic mass is 35.5. The summed E-state index contributed by atoms with van der Waals surface area (Å²) in [6, 6.07) is 26.5. The SMILES string of the molecule is CC(C)(C)C(O)C(Oc1ccc(Cl)cc1)n1cncn1.N#CSCSc1nc2ccccc2s1.N#Cc1c(Cl)c(Cl)c(Cl)c(C#N)c1Cl.c1ccc2[nH]c(-c3cscn3)nc2c1. The fraction of sp³-hybridized carbons (Fsp3) is 0.171. The van der Waals surface area contributed by atoms with Gasteiger partial charge in [-0.25, -0.2) is 24.6 Å². The van der Waals surface area contributed by atoms with Crippen molar-refractivity contribution in [1.82, 2.24) is 34.7 Å². The quantitative estimate of drug-likeness (QED) is 0.0367. The number of aromatic nitrogens is 7. The first kappa shape index (κ1) is 48.4. The minimum absolute atomic E-state index is 0.0363. The summed E-state index contributed by atoms with van der Waals surface area (Å²) in [7, 11) is 0. The van der Waals surface area contributed by atoms with Gasteiger partial charge in [-0.3, -0.25) is 0 Å². The van der Waals surface area contributed by atoms with Gasteiger partial charge in [-0.2, -0.15) is 20.9 Å². The molecule has 8 aromatic rings. The van der Waals surface area contributed by atoms with Gasteiger partial charge in [0.25, 0.3) is 0 Å². The highest BCUT2D eigenvalue weighted by Crippen LogP contribution is 2.40. The van der Waals surface area contributed by atoms with E-state index in [-0.39, 0.29) is 36.6 Å². The molecule has 62 heavy (non-hydrogen) atoms. The number of nitriles is 3. The maximum atomic E-state index is 10.5. The minimum Gasteiger partial charge on any atom is -0.466 e. The normalized spacial score (nSPS) is 11.6. The third-order valence-electron chi connectivity index (χ3n) is 8.06. The maximum Gasteiger partial charge on any atom is 0.219 e. The zero-order valence-corrected chi connectivity index (χ0v) is 39.5. The molecule has 4 heterocycles. The molecule has 0 bridgehead atoms. The number of halogens is 5. The molecular formula is C41H31Cl5N10O2S4. The lowest BCUT2D eigenvalue weighted by atomic mass is 9.88. The standard InChI is InChI=1S/C14H18ClN3O2.C10H7N3S.C9H6N2S3.C8Cl4N2/c1-14(2,3)12(19)13(18-9-16-8-17-18)20-11-6-4-10(15)5-7-11;1-2-4-8-7(3-1)12-10(13-8)9-5-14-6-11-9;10-5-12-6-13-9-11-7-3-1-2-4-8(7)14-9;9-5-3(1-13)6(10)8(12)7(11)4(5)2-14/h4-9,12-13,19H,1-3H3;1-6H,(H,12,13);1-4H,6H2;. The number of hydrogen-bond donors (Lipinski definition) is 2. The lowest BCUT2D eigenvalue weighted by Crippen LogP contribution is -2.38. The minimum atomic E-state index is -0.750. The smallest absolute Gasteiger partial charge is 0.219 e. The van der Waals surface area contributed by atoms with Crippen molar-refractivity contribution in [3.63, 3.8) is 0 Å². The lowest BCUT2D eigenvalue weighted by molar-refractivity contribution is -0.0731. The summed E-state index contributed by atoms with van der Waals surface area (Å²) >= 11 is 34.8. The molecule has 0 saturated heterocycles. The number of aliphatic hydroxyl groups excluding tert-OH is 1. The number of imidazole rings is 1. The molecule has 316 valence electrons. The summed E-state index contributed by atoms with van der Waals surface area (Å²) in [4.78, 5) is 20.2. The molecule has 2 atom stereocenters. The van der Waals surface area contributed by atoms with E-state index in [0.717, 1.165) is 37.5 Å². The Morgan fingerprint density at radius 3 is 2.08 bits per heavy atom. The van der Waals surface area contributed by atoms with Crippen LogP contribution in [0.5, 0.6) is 5.75 Å². The maximum absolute atomic E-state index is 10.5. The lowest BCUT2D eigenvalue weighted by Gasteiger charge is -2.32. The van der Waals surface area contributed by atoms with Crippen LogP contribution in [0.4, 0.5) is 0 Å². The number of para-hydroxylation sites is 3. The van der Waals surface area contributed by atoms with Crippen LogP contribution in [0.1, 0.15) is 38.1 Å².